The number of hydrogen-bond donors (Lipinski definition) is 1. The molecule has 7 nitrogen and oxygen atoms in total. The predicted octanol–water partition coefficient (Wildman–Crippen LogP) is 2.11. The lowest BCUT2D eigenvalue weighted by Gasteiger charge is -2.26. The second-order valence-corrected chi connectivity index (χ2v) is 8.72. The summed E-state index contributed by atoms with van der Waals surface area (Å²) in [6, 6.07) is 14.4. The van der Waals surface area contributed by atoms with Gasteiger partial charge in [0.15, 0.2) is 0 Å². The van der Waals surface area contributed by atoms with E-state index in [1.807, 2.05) is 26.0 Å². The van der Waals surface area contributed by atoms with E-state index in [1.165, 1.54) is 14.1 Å². The number of rotatable bonds is 9. The molecule has 28 heavy (non-hydrogen) atoms. The van der Waals surface area contributed by atoms with Crippen molar-refractivity contribution in [3.63, 3.8) is 0 Å². The number of carbonyl (C=O) groups is 1. The Morgan fingerprint density at radius 1 is 1.04 bits per heavy atom. The molecule has 1 amide bonds. The minimum Gasteiger partial charge on any atom is -0.492 e. The zero-order chi connectivity index (χ0) is 20.7. The first-order chi connectivity index (χ1) is 13.2. The number of anilines is 1. The van der Waals surface area contributed by atoms with Gasteiger partial charge in [0.1, 0.15) is 18.9 Å². The Balaban J connectivity index is 1.95. The van der Waals surface area contributed by atoms with Gasteiger partial charge in [0.25, 0.3) is 0 Å². The normalized spacial score (nSPS) is 11.3. The maximum atomic E-state index is 12.6. The van der Waals surface area contributed by atoms with Gasteiger partial charge in [-0.05, 0) is 49.2 Å². The summed E-state index contributed by atoms with van der Waals surface area (Å²) in [4.78, 5) is 12.3. The minimum atomic E-state index is -3.80. The van der Waals surface area contributed by atoms with Crippen LogP contribution in [-0.4, -0.2) is 52.4 Å². The van der Waals surface area contributed by atoms with Gasteiger partial charge in [-0.3, -0.25) is 4.79 Å². The van der Waals surface area contributed by atoms with Crippen LogP contribution in [0.25, 0.3) is 0 Å². The molecule has 0 atom stereocenters. The lowest BCUT2D eigenvalue weighted by molar-refractivity contribution is -0.119. The van der Waals surface area contributed by atoms with Gasteiger partial charge in [0.05, 0.1) is 12.2 Å². The average Bonchev–Trinajstić information content (AvgIpc) is 2.63. The van der Waals surface area contributed by atoms with Crippen molar-refractivity contribution in [1.82, 2.24) is 9.62 Å². The van der Waals surface area contributed by atoms with E-state index in [2.05, 4.69) is 11.4 Å². The van der Waals surface area contributed by atoms with Crippen LogP contribution < -0.4 is 14.4 Å². The molecule has 0 heterocycles. The van der Waals surface area contributed by atoms with E-state index in [1.54, 1.807) is 30.3 Å². The van der Waals surface area contributed by atoms with Crippen molar-refractivity contribution in [2.24, 2.45) is 0 Å². The molecule has 0 fully saturated rings. The lowest BCUT2D eigenvalue weighted by atomic mass is 10.1. The van der Waals surface area contributed by atoms with Crippen molar-refractivity contribution in [3.05, 3.63) is 59.7 Å². The molecular formula is C20H27N3O4S. The molecule has 152 valence electrons. The van der Waals surface area contributed by atoms with E-state index >= 15 is 0 Å². The first-order valence-corrected chi connectivity index (χ1v) is 10.3. The number of para-hydroxylation sites is 1. The molecule has 0 saturated carbocycles. The third kappa shape index (κ3) is 5.97. The van der Waals surface area contributed by atoms with E-state index in [4.69, 9.17) is 4.74 Å². The third-order valence-corrected chi connectivity index (χ3v) is 5.78. The summed E-state index contributed by atoms with van der Waals surface area (Å²) < 4.78 is 33.0. The topological polar surface area (TPSA) is 79.0 Å². The largest absolute Gasteiger partial charge is 0.492 e. The van der Waals surface area contributed by atoms with Crippen molar-refractivity contribution in [2.45, 2.75) is 13.8 Å². The molecule has 0 aliphatic rings. The molecule has 0 aliphatic carbocycles. The highest BCUT2D eigenvalue weighted by molar-refractivity contribution is 7.90. The number of carbonyl (C=O) groups excluding carboxylic acids is 1. The van der Waals surface area contributed by atoms with Crippen LogP contribution in [0.3, 0.4) is 0 Å². The third-order valence-electron chi connectivity index (χ3n) is 3.96. The first kappa shape index (κ1) is 21.7. The number of nitrogens with zero attached hydrogens (tertiary/aromatic N) is 2. The van der Waals surface area contributed by atoms with E-state index in [0.29, 0.717) is 12.3 Å². The number of nitrogens with one attached hydrogen (secondary N) is 1. The molecule has 0 aromatic heterocycles. The smallest absolute Gasteiger partial charge is 0.304 e. The molecule has 0 saturated heterocycles. The number of aryl methyl sites for hydroxylation is 2. The van der Waals surface area contributed by atoms with E-state index in [-0.39, 0.29) is 13.1 Å². The highest BCUT2D eigenvalue weighted by Crippen LogP contribution is 2.18. The number of amides is 1. The van der Waals surface area contributed by atoms with Crippen LogP contribution in [0.15, 0.2) is 48.5 Å². The van der Waals surface area contributed by atoms with Crippen LogP contribution in [0.1, 0.15) is 11.1 Å². The summed E-state index contributed by atoms with van der Waals surface area (Å²) in [6.07, 6.45) is 0. The molecule has 0 spiro atoms. The zero-order valence-corrected chi connectivity index (χ0v) is 17.5. The quantitative estimate of drug-likeness (QED) is 0.648. The Morgan fingerprint density at radius 2 is 1.64 bits per heavy atom. The van der Waals surface area contributed by atoms with E-state index in [0.717, 1.165) is 25.5 Å². The lowest BCUT2D eigenvalue weighted by Crippen LogP contribution is -2.46. The highest BCUT2D eigenvalue weighted by atomic mass is 32.2. The monoisotopic (exact) mass is 405 g/mol. The van der Waals surface area contributed by atoms with Gasteiger partial charge in [-0.1, -0.05) is 24.3 Å². The maximum Gasteiger partial charge on any atom is 0.304 e. The van der Waals surface area contributed by atoms with Crippen molar-refractivity contribution in [3.8, 4) is 5.75 Å². The molecule has 2 rings (SSSR count). The van der Waals surface area contributed by atoms with Gasteiger partial charge >= 0.3 is 10.2 Å². The molecule has 2 aromatic carbocycles. The summed E-state index contributed by atoms with van der Waals surface area (Å²) >= 11 is 0. The summed E-state index contributed by atoms with van der Waals surface area (Å²) in [7, 11) is -0.933. The SMILES string of the molecule is Cc1cc(C)cc(OCCNC(=O)CN(c2ccccc2)S(=O)(=O)N(C)C)c1. The fourth-order valence-corrected chi connectivity index (χ4v) is 3.72. The average molecular weight is 406 g/mol. The minimum absolute atomic E-state index is 0.274. The van der Waals surface area contributed by atoms with Gasteiger partial charge in [-0.25, -0.2) is 4.31 Å². The van der Waals surface area contributed by atoms with Gasteiger partial charge in [-0.2, -0.15) is 12.7 Å². The van der Waals surface area contributed by atoms with Gasteiger partial charge in [-0.15, -0.1) is 0 Å². The van der Waals surface area contributed by atoms with Crippen molar-refractivity contribution >= 4 is 21.8 Å². The Hall–Kier alpha value is -2.58. The van der Waals surface area contributed by atoms with E-state index < -0.39 is 16.1 Å². The molecule has 0 unspecified atom stereocenters. The molecule has 0 radical (unpaired) electrons. The molecule has 2 aromatic rings. The van der Waals surface area contributed by atoms with Gasteiger partial charge in [0, 0.05) is 14.1 Å². The fourth-order valence-electron chi connectivity index (χ4n) is 2.66. The van der Waals surface area contributed by atoms with Crippen molar-refractivity contribution in [2.75, 3.05) is 38.1 Å². The van der Waals surface area contributed by atoms with Crippen LogP contribution in [-0.2, 0) is 15.0 Å². The van der Waals surface area contributed by atoms with Crippen LogP contribution in [0.2, 0.25) is 0 Å². The van der Waals surface area contributed by atoms with Crippen molar-refractivity contribution in [1.29, 1.82) is 0 Å². The Morgan fingerprint density at radius 3 is 2.21 bits per heavy atom. The number of ether oxygens (including phenoxy) is 1. The number of hydrogen-bond acceptors (Lipinski definition) is 4. The number of benzene rings is 2. The maximum absolute atomic E-state index is 12.6. The van der Waals surface area contributed by atoms with E-state index in [9.17, 15) is 13.2 Å². The molecule has 8 heteroatoms. The van der Waals surface area contributed by atoms with Gasteiger partial charge < -0.3 is 10.1 Å². The first-order valence-electron chi connectivity index (χ1n) is 8.93. The summed E-state index contributed by atoms with van der Waals surface area (Å²) in [5, 5.41) is 2.70. The van der Waals surface area contributed by atoms with Crippen LogP contribution >= 0.6 is 0 Å². The summed E-state index contributed by atoms with van der Waals surface area (Å²) in [6.45, 7) is 4.24. The molecule has 1 N–H and O–H groups in total. The Kier molecular flexibility index (Phi) is 7.42. The summed E-state index contributed by atoms with van der Waals surface area (Å²) in [5.74, 6) is 0.339. The summed E-state index contributed by atoms with van der Waals surface area (Å²) in [5.41, 5.74) is 2.63. The van der Waals surface area contributed by atoms with Crippen LogP contribution in [0, 0.1) is 13.8 Å². The fraction of sp³-hybridized carbons (Fsp3) is 0.350. The molecule has 0 aliphatic heterocycles. The second-order valence-electron chi connectivity index (χ2n) is 6.65. The molecular weight excluding hydrogens is 378 g/mol. The van der Waals surface area contributed by atoms with Crippen LogP contribution in [0.5, 0.6) is 5.75 Å². The predicted molar refractivity (Wildman–Crippen MR) is 111 cm³/mol. The van der Waals surface area contributed by atoms with Gasteiger partial charge in [0.2, 0.25) is 5.91 Å². The molecule has 0 bridgehead atoms. The zero-order valence-electron chi connectivity index (χ0n) is 16.7. The second kappa shape index (κ2) is 9.57. The Bertz CT molecular complexity index is 879. The van der Waals surface area contributed by atoms with Crippen molar-refractivity contribution < 1.29 is 17.9 Å². The highest BCUT2D eigenvalue weighted by Gasteiger charge is 2.26. The van der Waals surface area contributed by atoms with Crippen LogP contribution in [0.4, 0.5) is 5.69 Å². The Labute approximate surface area is 167 Å². The standard InChI is InChI=1S/C20H27N3O4S/c1-16-12-17(2)14-19(13-16)27-11-10-21-20(24)15-23(28(25,26)22(3)4)18-8-6-5-7-9-18/h5-9,12-14H,10-11,15H2,1-4H3,(H,21,24).